The zero-order valence-corrected chi connectivity index (χ0v) is 19.8. The van der Waals surface area contributed by atoms with E-state index in [2.05, 4.69) is 124 Å². The fourth-order valence-corrected chi connectivity index (χ4v) is 5.52. The van der Waals surface area contributed by atoms with E-state index in [0.29, 0.717) is 15.5 Å². The highest BCUT2D eigenvalue weighted by atomic mass is 127. The summed E-state index contributed by atoms with van der Waals surface area (Å²) in [5.41, 5.74) is 4.36. The number of fused-ring (bicyclic) bond motifs is 3. The van der Waals surface area contributed by atoms with E-state index in [1.807, 2.05) is 6.07 Å². The van der Waals surface area contributed by atoms with E-state index in [4.69, 9.17) is 4.98 Å². The first-order chi connectivity index (χ1) is 15.7. The number of rotatable bonds is 3. The van der Waals surface area contributed by atoms with Gasteiger partial charge in [-0.2, -0.15) is 0 Å². The average molecular weight is 541 g/mol. The minimum atomic E-state index is 0.686. The van der Waals surface area contributed by atoms with E-state index in [1.54, 1.807) is 11.3 Å². The van der Waals surface area contributed by atoms with Crippen LogP contribution < -0.4 is 0 Å². The summed E-state index contributed by atoms with van der Waals surface area (Å²) in [6.45, 7) is 0. The van der Waals surface area contributed by atoms with Crippen LogP contribution in [-0.2, 0) is 0 Å². The second kappa shape index (κ2) is 8.07. The molecule has 0 radical (unpaired) electrons. The van der Waals surface area contributed by atoms with Crippen molar-refractivity contribution in [2.45, 2.75) is 0 Å². The maximum Gasteiger partial charge on any atom is 0.194 e. The van der Waals surface area contributed by atoms with Crippen molar-refractivity contribution in [3.05, 3.63) is 101 Å². The fourth-order valence-electron chi connectivity index (χ4n) is 3.92. The van der Waals surface area contributed by atoms with Crippen molar-refractivity contribution < 1.29 is 0 Å². The molecule has 0 fully saturated rings. The fraction of sp³-hybridized carbons (Fsp3) is 0. The van der Waals surface area contributed by atoms with E-state index >= 15 is 0 Å². The molecule has 0 bridgehead atoms. The first kappa shape index (κ1) is 19.5. The number of thiophene rings is 1. The van der Waals surface area contributed by atoms with Crippen LogP contribution in [0.25, 0.3) is 54.1 Å². The molecule has 0 saturated carbocycles. The lowest BCUT2D eigenvalue weighted by Crippen LogP contribution is -1.99. The molecular formula is C27H16IN3S. The lowest BCUT2D eigenvalue weighted by atomic mass is 10.0. The monoisotopic (exact) mass is 541 g/mol. The summed E-state index contributed by atoms with van der Waals surface area (Å²) in [7, 11) is 0. The van der Waals surface area contributed by atoms with Gasteiger partial charge >= 0.3 is 0 Å². The Morgan fingerprint density at radius 2 is 1.09 bits per heavy atom. The summed E-state index contributed by atoms with van der Waals surface area (Å²) in [4.78, 5) is 14.0. The van der Waals surface area contributed by atoms with E-state index < -0.39 is 0 Å². The minimum absolute atomic E-state index is 0.686. The third-order valence-corrected chi connectivity index (χ3v) is 7.11. The highest BCUT2D eigenvalue weighted by Gasteiger charge is 2.12. The molecule has 0 unspecified atom stereocenters. The van der Waals surface area contributed by atoms with Gasteiger partial charge in [0.1, 0.15) is 0 Å². The zero-order chi connectivity index (χ0) is 21.5. The topological polar surface area (TPSA) is 38.7 Å². The molecule has 0 aliphatic carbocycles. The van der Waals surface area contributed by atoms with Crippen molar-refractivity contribution in [3.8, 4) is 33.9 Å². The van der Waals surface area contributed by atoms with E-state index in [9.17, 15) is 0 Å². The molecule has 0 aliphatic heterocycles. The van der Waals surface area contributed by atoms with Gasteiger partial charge in [0, 0.05) is 53.9 Å². The highest BCUT2D eigenvalue weighted by molar-refractivity contribution is 14.1. The number of aromatic nitrogens is 3. The van der Waals surface area contributed by atoms with Gasteiger partial charge < -0.3 is 0 Å². The summed E-state index contributed by atoms with van der Waals surface area (Å²) >= 11 is 3.97. The zero-order valence-electron chi connectivity index (χ0n) is 16.9. The molecule has 0 atom stereocenters. The van der Waals surface area contributed by atoms with Crippen molar-refractivity contribution in [1.82, 2.24) is 15.0 Å². The van der Waals surface area contributed by atoms with Crippen molar-refractivity contribution in [2.24, 2.45) is 0 Å². The molecular weight excluding hydrogens is 525 g/mol. The Labute approximate surface area is 203 Å². The van der Waals surface area contributed by atoms with E-state index in [0.717, 1.165) is 11.1 Å². The second-order valence-corrected chi connectivity index (χ2v) is 9.55. The van der Waals surface area contributed by atoms with Crippen molar-refractivity contribution in [3.63, 3.8) is 0 Å². The smallest absolute Gasteiger partial charge is 0.194 e. The summed E-state index contributed by atoms with van der Waals surface area (Å²) in [6.07, 6.45) is 0. The van der Waals surface area contributed by atoms with Crippen molar-refractivity contribution in [2.75, 3.05) is 0 Å². The molecule has 152 valence electrons. The third kappa shape index (κ3) is 3.57. The number of hydrogen-bond donors (Lipinski definition) is 0. The van der Waals surface area contributed by atoms with Gasteiger partial charge in [-0.05, 0) is 23.3 Å². The predicted molar refractivity (Wildman–Crippen MR) is 142 cm³/mol. The van der Waals surface area contributed by atoms with Gasteiger partial charge in [-0.1, -0.05) is 84.9 Å². The maximum atomic E-state index is 4.81. The molecule has 2 heterocycles. The van der Waals surface area contributed by atoms with Crippen LogP contribution in [0.15, 0.2) is 97.1 Å². The lowest BCUT2D eigenvalue weighted by molar-refractivity contribution is 1.02. The molecule has 6 rings (SSSR count). The van der Waals surface area contributed by atoms with E-state index in [1.165, 1.54) is 31.3 Å². The molecule has 0 saturated heterocycles. The van der Waals surface area contributed by atoms with Crippen LogP contribution in [0.3, 0.4) is 0 Å². The Hall–Kier alpha value is -3.16. The third-order valence-electron chi connectivity index (χ3n) is 5.50. The van der Waals surface area contributed by atoms with Gasteiger partial charge in [0.2, 0.25) is 0 Å². The average Bonchev–Trinajstić information content (AvgIpc) is 3.22. The molecule has 0 aliphatic rings. The molecule has 6 aromatic rings. The lowest BCUT2D eigenvalue weighted by Gasteiger charge is -2.07. The number of halogens is 1. The number of benzene rings is 4. The Morgan fingerprint density at radius 1 is 0.500 bits per heavy atom. The Bertz CT molecular complexity index is 1570. The van der Waals surface area contributed by atoms with Crippen LogP contribution >= 0.6 is 33.9 Å². The normalized spacial score (nSPS) is 11.3. The minimum Gasteiger partial charge on any atom is -0.208 e. The number of hydrogen-bond acceptors (Lipinski definition) is 4. The SMILES string of the molecule is Ic1nc(-c2ccc(-c3ccccc3)cc2)nc(-c2ccc3c(c2)sc2ccccc23)n1. The van der Waals surface area contributed by atoms with Crippen LogP contribution in [0.4, 0.5) is 0 Å². The van der Waals surface area contributed by atoms with Crippen molar-refractivity contribution >= 4 is 54.1 Å². The van der Waals surface area contributed by atoms with Crippen LogP contribution in [0.2, 0.25) is 0 Å². The van der Waals surface area contributed by atoms with Crippen LogP contribution in [0, 0.1) is 3.83 Å². The maximum absolute atomic E-state index is 4.81. The van der Waals surface area contributed by atoms with Crippen LogP contribution in [-0.4, -0.2) is 15.0 Å². The molecule has 4 aromatic carbocycles. The molecule has 0 amide bonds. The van der Waals surface area contributed by atoms with Crippen molar-refractivity contribution in [1.29, 1.82) is 0 Å². The van der Waals surface area contributed by atoms with Gasteiger partial charge in [-0.3, -0.25) is 0 Å². The second-order valence-electron chi connectivity index (χ2n) is 7.50. The van der Waals surface area contributed by atoms with Gasteiger partial charge in [-0.25, -0.2) is 15.0 Å². The molecule has 3 nitrogen and oxygen atoms in total. The van der Waals surface area contributed by atoms with Crippen LogP contribution in [0.5, 0.6) is 0 Å². The van der Waals surface area contributed by atoms with Gasteiger partial charge in [0.05, 0.1) is 0 Å². The predicted octanol–water partition coefficient (Wildman–Crippen LogP) is 7.85. The Balaban J connectivity index is 1.40. The summed E-state index contributed by atoms with van der Waals surface area (Å²) in [5, 5.41) is 2.57. The molecule has 0 N–H and O–H groups in total. The number of nitrogens with zero attached hydrogens (tertiary/aromatic N) is 3. The quantitative estimate of drug-likeness (QED) is 0.214. The van der Waals surface area contributed by atoms with E-state index in [-0.39, 0.29) is 0 Å². The van der Waals surface area contributed by atoms with Gasteiger partial charge in [0.15, 0.2) is 15.5 Å². The molecule has 32 heavy (non-hydrogen) atoms. The molecule has 2 aromatic heterocycles. The first-order valence-corrected chi connectivity index (χ1v) is 12.1. The standard InChI is InChI=1S/C27H16IN3S/c28-27-30-25(19-12-10-18(11-13-19)17-6-2-1-3-7-17)29-26(31-27)20-14-15-22-21-8-4-5-9-23(21)32-24(22)16-20/h1-16H. The Kier molecular flexibility index (Phi) is 4.92. The first-order valence-electron chi connectivity index (χ1n) is 10.2. The molecule has 5 heteroatoms. The Morgan fingerprint density at radius 3 is 1.91 bits per heavy atom. The van der Waals surface area contributed by atoms with Gasteiger partial charge in [0.25, 0.3) is 0 Å². The van der Waals surface area contributed by atoms with Crippen LogP contribution in [0.1, 0.15) is 0 Å². The summed E-state index contributed by atoms with van der Waals surface area (Å²) in [5.74, 6) is 1.39. The summed E-state index contributed by atoms with van der Waals surface area (Å²) in [6, 6.07) is 33.7. The summed E-state index contributed by atoms with van der Waals surface area (Å²) < 4.78 is 3.23. The molecule has 0 spiro atoms. The largest absolute Gasteiger partial charge is 0.208 e. The van der Waals surface area contributed by atoms with Gasteiger partial charge in [-0.15, -0.1) is 11.3 Å². The highest BCUT2D eigenvalue weighted by Crippen LogP contribution is 2.36.